The number of methoxy groups -OCH3 is 2. The van der Waals surface area contributed by atoms with Gasteiger partial charge in [0.05, 0.1) is 14.2 Å². The highest BCUT2D eigenvalue weighted by Crippen LogP contribution is 2.40. The average Bonchev–Trinajstić information content (AvgIpc) is 2.38. The Labute approximate surface area is 118 Å². The Balaban J connectivity index is 3.16. The summed E-state index contributed by atoms with van der Waals surface area (Å²) in [7, 11) is 3.35. The highest BCUT2D eigenvalue weighted by atomic mass is 79.9. The zero-order chi connectivity index (χ0) is 13.5. The summed E-state index contributed by atoms with van der Waals surface area (Å²) in [6.07, 6.45) is 2.22. The molecule has 102 valence electrons. The van der Waals surface area contributed by atoms with Gasteiger partial charge in [-0.3, -0.25) is 0 Å². The Hall–Kier alpha value is -0.740. The van der Waals surface area contributed by atoms with E-state index in [1.165, 1.54) is 5.56 Å². The van der Waals surface area contributed by atoms with Crippen LogP contribution in [-0.4, -0.2) is 20.8 Å². The van der Waals surface area contributed by atoms with Crippen molar-refractivity contribution in [3.63, 3.8) is 0 Å². The van der Waals surface area contributed by atoms with E-state index in [1.54, 1.807) is 14.2 Å². The van der Waals surface area contributed by atoms with Crippen LogP contribution in [0, 0.1) is 0 Å². The minimum absolute atomic E-state index is 0.317. The number of rotatable bonds is 7. The second-order valence-corrected chi connectivity index (χ2v) is 4.90. The van der Waals surface area contributed by atoms with Crippen LogP contribution in [0.25, 0.3) is 0 Å². The molecule has 0 saturated heterocycles. The Morgan fingerprint density at radius 2 is 1.94 bits per heavy atom. The van der Waals surface area contributed by atoms with E-state index in [4.69, 9.17) is 9.47 Å². The van der Waals surface area contributed by atoms with Crippen molar-refractivity contribution in [2.75, 3.05) is 20.8 Å². The van der Waals surface area contributed by atoms with Crippen molar-refractivity contribution >= 4 is 15.9 Å². The maximum atomic E-state index is 5.53. The van der Waals surface area contributed by atoms with E-state index in [2.05, 4.69) is 41.2 Å². The van der Waals surface area contributed by atoms with Crippen molar-refractivity contribution in [2.45, 2.75) is 32.7 Å². The lowest BCUT2D eigenvalue weighted by atomic mass is 10.0. The molecule has 1 N–H and O–H groups in total. The molecule has 0 aliphatic heterocycles. The predicted molar refractivity (Wildman–Crippen MR) is 78.6 cm³/mol. The van der Waals surface area contributed by atoms with Crippen LogP contribution < -0.4 is 14.8 Å². The van der Waals surface area contributed by atoms with Crippen LogP contribution in [-0.2, 0) is 0 Å². The number of nitrogens with one attached hydrogen (secondary N) is 1. The van der Waals surface area contributed by atoms with Gasteiger partial charge in [0.15, 0.2) is 0 Å². The van der Waals surface area contributed by atoms with Crippen molar-refractivity contribution in [3.8, 4) is 11.5 Å². The molecule has 0 aromatic heterocycles. The molecule has 4 heteroatoms. The minimum Gasteiger partial charge on any atom is -0.495 e. The topological polar surface area (TPSA) is 30.5 Å². The summed E-state index contributed by atoms with van der Waals surface area (Å²) in [5, 5.41) is 3.50. The zero-order valence-corrected chi connectivity index (χ0v) is 13.1. The second kappa shape index (κ2) is 7.64. The molecule has 1 unspecified atom stereocenters. The van der Waals surface area contributed by atoms with E-state index >= 15 is 0 Å². The quantitative estimate of drug-likeness (QED) is 0.827. The molecule has 1 aromatic carbocycles. The minimum atomic E-state index is 0.317. The van der Waals surface area contributed by atoms with Gasteiger partial charge in [0.2, 0.25) is 0 Å². The SMILES string of the molecule is CCCC(NCC)c1ccc(OC)c(Br)c1OC. The van der Waals surface area contributed by atoms with Gasteiger partial charge in [-0.1, -0.05) is 20.3 Å². The van der Waals surface area contributed by atoms with Gasteiger partial charge in [0, 0.05) is 11.6 Å². The lowest BCUT2D eigenvalue weighted by molar-refractivity contribution is 0.377. The summed E-state index contributed by atoms with van der Waals surface area (Å²) in [5.41, 5.74) is 1.17. The first-order chi connectivity index (χ1) is 8.69. The van der Waals surface area contributed by atoms with Crippen molar-refractivity contribution in [1.82, 2.24) is 5.32 Å². The van der Waals surface area contributed by atoms with Gasteiger partial charge in [-0.15, -0.1) is 0 Å². The number of hydrogen-bond donors (Lipinski definition) is 1. The van der Waals surface area contributed by atoms with Crippen LogP contribution in [0.1, 0.15) is 38.3 Å². The molecule has 0 aliphatic carbocycles. The third-order valence-electron chi connectivity index (χ3n) is 2.92. The maximum absolute atomic E-state index is 5.53. The Bertz CT molecular complexity index is 376. The normalized spacial score (nSPS) is 12.3. The molecule has 0 bridgehead atoms. The van der Waals surface area contributed by atoms with Crippen molar-refractivity contribution in [2.24, 2.45) is 0 Å². The standard InChI is InChI=1S/C14H22BrNO2/c1-5-7-11(16-6-2)10-8-9-12(17-3)13(15)14(10)18-4/h8-9,11,16H,5-7H2,1-4H3. The number of benzene rings is 1. The van der Waals surface area contributed by atoms with Crippen LogP contribution in [0.15, 0.2) is 16.6 Å². The molecule has 0 spiro atoms. The van der Waals surface area contributed by atoms with Gasteiger partial charge in [-0.25, -0.2) is 0 Å². The Morgan fingerprint density at radius 1 is 1.22 bits per heavy atom. The van der Waals surface area contributed by atoms with Gasteiger partial charge < -0.3 is 14.8 Å². The summed E-state index contributed by atoms with van der Waals surface area (Å²) in [6, 6.07) is 4.37. The molecule has 1 atom stereocenters. The monoisotopic (exact) mass is 315 g/mol. The van der Waals surface area contributed by atoms with E-state index in [-0.39, 0.29) is 0 Å². The summed E-state index contributed by atoms with van der Waals surface area (Å²) >= 11 is 3.55. The molecular formula is C14H22BrNO2. The molecule has 1 rings (SSSR count). The fourth-order valence-corrected chi connectivity index (χ4v) is 2.78. The van der Waals surface area contributed by atoms with Gasteiger partial charge in [-0.05, 0) is 41.0 Å². The molecule has 3 nitrogen and oxygen atoms in total. The van der Waals surface area contributed by atoms with Crippen molar-refractivity contribution in [3.05, 3.63) is 22.2 Å². The van der Waals surface area contributed by atoms with Crippen LogP contribution in [0.3, 0.4) is 0 Å². The highest BCUT2D eigenvalue weighted by molar-refractivity contribution is 9.10. The number of halogens is 1. The van der Waals surface area contributed by atoms with Crippen LogP contribution in [0.2, 0.25) is 0 Å². The second-order valence-electron chi connectivity index (χ2n) is 4.10. The smallest absolute Gasteiger partial charge is 0.141 e. The lowest BCUT2D eigenvalue weighted by Gasteiger charge is -2.22. The van der Waals surface area contributed by atoms with Gasteiger partial charge in [0.1, 0.15) is 16.0 Å². The Morgan fingerprint density at radius 3 is 2.44 bits per heavy atom. The van der Waals surface area contributed by atoms with E-state index in [0.717, 1.165) is 35.4 Å². The predicted octanol–water partition coefficient (Wildman–Crippen LogP) is 3.92. The molecule has 18 heavy (non-hydrogen) atoms. The molecule has 1 aromatic rings. The van der Waals surface area contributed by atoms with Crippen molar-refractivity contribution in [1.29, 1.82) is 0 Å². The summed E-state index contributed by atoms with van der Waals surface area (Å²) in [4.78, 5) is 0. The fourth-order valence-electron chi connectivity index (χ4n) is 2.10. The first-order valence-electron chi connectivity index (χ1n) is 6.33. The fraction of sp³-hybridized carbons (Fsp3) is 0.571. The molecular weight excluding hydrogens is 294 g/mol. The van der Waals surface area contributed by atoms with Gasteiger partial charge in [-0.2, -0.15) is 0 Å². The van der Waals surface area contributed by atoms with E-state index in [9.17, 15) is 0 Å². The van der Waals surface area contributed by atoms with Crippen LogP contribution in [0.4, 0.5) is 0 Å². The maximum Gasteiger partial charge on any atom is 0.141 e. The summed E-state index contributed by atoms with van der Waals surface area (Å²) < 4.78 is 11.7. The summed E-state index contributed by atoms with van der Waals surface area (Å²) in [6.45, 7) is 5.25. The van der Waals surface area contributed by atoms with Crippen LogP contribution in [0.5, 0.6) is 11.5 Å². The third kappa shape index (κ3) is 3.39. The van der Waals surface area contributed by atoms with Crippen molar-refractivity contribution < 1.29 is 9.47 Å². The molecule has 0 radical (unpaired) electrons. The number of hydrogen-bond acceptors (Lipinski definition) is 3. The molecule has 0 heterocycles. The van der Waals surface area contributed by atoms with Gasteiger partial charge >= 0.3 is 0 Å². The zero-order valence-electron chi connectivity index (χ0n) is 11.5. The molecule has 0 fully saturated rings. The first kappa shape index (κ1) is 15.3. The molecule has 0 saturated carbocycles. The molecule has 0 aliphatic rings. The lowest BCUT2D eigenvalue weighted by Crippen LogP contribution is -2.21. The van der Waals surface area contributed by atoms with E-state index in [0.29, 0.717) is 6.04 Å². The molecule has 0 amide bonds. The summed E-state index contributed by atoms with van der Waals surface area (Å²) in [5.74, 6) is 1.65. The van der Waals surface area contributed by atoms with E-state index < -0.39 is 0 Å². The van der Waals surface area contributed by atoms with Crippen LogP contribution >= 0.6 is 15.9 Å². The number of ether oxygens (including phenoxy) is 2. The third-order valence-corrected chi connectivity index (χ3v) is 3.67. The Kier molecular flexibility index (Phi) is 6.50. The van der Waals surface area contributed by atoms with E-state index in [1.807, 2.05) is 6.07 Å². The average molecular weight is 316 g/mol. The largest absolute Gasteiger partial charge is 0.495 e. The first-order valence-corrected chi connectivity index (χ1v) is 7.12. The highest BCUT2D eigenvalue weighted by Gasteiger charge is 2.19. The van der Waals surface area contributed by atoms with Gasteiger partial charge in [0.25, 0.3) is 0 Å².